The summed E-state index contributed by atoms with van der Waals surface area (Å²) in [5.74, 6) is 0. The van der Waals surface area contributed by atoms with Crippen molar-refractivity contribution in [3.05, 3.63) is 155 Å². The third kappa shape index (κ3) is 2.39. The summed E-state index contributed by atoms with van der Waals surface area (Å²) in [5.41, 5.74) is 14.5. The van der Waals surface area contributed by atoms with Crippen LogP contribution in [0.15, 0.2) is 127 Å². The van der Waals surface area contributed by atoms with E-state index in [1.807, 2.05) is 0 Å². The first-order chi connectivity index (χ1) is 17.8. The predicted octanol–water partition coefficient (Wildman–Crippen LogP) is 9.16. The van der Waals surface area contributed by atoms with Crippen molar-refractivity contribution in [2.45, 2.75) is 12.3 Å². The summed E-state index contributed by atoms with van der Waals surface area (Å²) < 4.78 is 0. The topological polar surface area (TPSA) is 0 Å². The Morgan fingerprint density at radius 2 is 0.944 bits per heavy atom. The quantitative estimate of drug-likeness (QED) is 0.231. The second kappa shape index (κ2) is 7.06. The summed E-state index contributed by atoms with van der Waals surface area (Å²) in [5, 5.41) is 2.60. The molecule has 2 aliphatic carbocycles. The number of hydrogen-bond donors (Lipinski definition) is 0. The Bertz CT molecular complexity index is 1790. The van der Waals surface area contributed by atoms with Crippen LogP contribution in [0.5, 0.6) is 0 Å². The molecule has 2 aliphatic rings. The van der Waals surface area contributed by atoms with Crippen LogP contribution < -0.4 is 0 Å². The third-order valence-corrected chi connectivity index (χ3v) is 8.31. The molecule has 0 nitrogen and oxygen atoms in total. The summed E-state index contributed by atoms with van der Waals surface area (Å²) in [6.45, 7) is 2.20. The van der Waals surface area contributed by atoms with Crippen molar-refractivity contribution in [1.82, 2.24) is 0 Å². The van der Waals surface area contributed by atoms with Crippen LogP contribution in [-0.2, 0) is 5.41 Å². The lowest BCUT2D eigenvalue weighted by Gasteiger charge is -2.30. The maximum absolute atomic E-state index is 2.48. The van der Waals surface area contributed by atoms with Crippen LogP contribution in [0.3, 0.4) is 0 Å². The van der Waals surface area contributed by atoms with Gasteiger partial charge in [0.2, 0.25) is 0 Å². The molecular weight excluding hydrogens is 432 g/mol. The molecule has 0 aromatic heterocycles. The number of aryl methyl sites for hydroxylation is 1. The summed E-state index contributed by atoms with van der Waals surface area (Å²) in [7, 11) is 0. The van der Waals surface area contributed by atoms with Crippen LogP contribution >= 0.6 is 0 Å². The van der Waals surface area contributed by atoms with Crippen molar-refractivity contribution in [3.63, 3.8) is 0 Å². The van der Waals surface area contributed by atoms with Crippen molar-refractivity contribution < 1.29 is 0 Å². The Balaban J connectivity index is 1.51. The van der Waals surface area contributed by atoms with E-state index < -0.39 is 0 Å². The molecule has 0 heteroatoms. The minimum absolute atomic E-state index is 0.297. The van der Waals surface area contributed by atoms with Crippen LogP contribution in [0, 0.1) is 6.92 Å². The fourth-order valence-corrected chi connectivity index (χ4v) is 6.96. The van der Waals surface area contributed by atoms with Crippen molar-refractivity contribution >= 4 is 10.8 Å². The fourth-order valence-electron chi connectivity index (χ4n) is 6.96. The molecule has 0 saturated carbocycles. The molecule has 0 radical (unpaired) electrons. The standard InChI is InChI=1S/C36H24/c1-23-20-24-10-2-3-11-26(24)31(21-23)25-18-19-30-29-14-6-9-17-34(29)36(35(30)22-25)32-15-7-4-12-27(32)28-13-5-8-16-33(28)36/h2-22H,1H3. The van der Waals surface area contributed by atoms with Gasteiger partial charge in [0.05, 0.1) is 5.41 Å². The first kappa shape index (κ1) is 19.8. The third-order valence-electron chi connectivity index (χ3n) is 8.31. The monoisotopic (exact) mass is 456 g/mol. The molecule has 6 aromatic carbocycles. The Kier molecular flexibility index (Phi) is 3.89. The van der Waals surface area contributed by atoms with Gasteiger partial charge in [-0.05, 0) is 85.0 Å². The van der Waals surface area contributed by atoms with E-state index in [9.17, 15) is 0 Å². The van der Waals surface area contributed by atoms with Crippen molar-refractivity contribution in [1.29, 1.82) is 0 Å². The van der Waals surface area contributed by atoms with E-state index in [0.717, 1.165) is 0 Å². The van der Waals surface area contributed by atoms with Crippen LogP contribution in [-0.4, -0.2) is 0 Å². The Labute approximate surface area is 211 Å². The molecule has 0 saturated heterocycles. The highest BCUT2D eigenvalue weighted by molar-refractivity contribution is 6.00. The molecule has 0 bridgehead atoms. The molecule has 0 amide bonds. The molecule has 8 rings (SSSR count). The largest absolute Gasteiger partial charge is 0.0725 e. The van der Waals surface area contributed by atoms with Crippen LogP contribution in [0.25, 0.3) is 44.2 Å². The highest BCUT2D eigenvalue weighted by atomic mass is 14.5. The lowest BCUT2D eigenvalue weighted by atomic mass is 9.70. The zero-order valence-electron chi connectivity index (χ0n) is 20.1. The van der Waals surface area contributed by atoms with E-state index in [-0.39, 0.29) is 5.41 Å². The number of rotatable bonds is 1. The molecule has 0 unspecified atom stereocenters. The number of benzene rings is 6. The zero-order chi connectivity index (χ0) is 23.9. The molecular formula is C36H24. The van der Waals surface area contributed by atoms with Gasteiger partial charge in [-0.1, -0.05) is 121 Å². The van der Waals surface area contributed by atoms with Crippen LogP contribution in [0.2, 0.25) is 0 Å². The van der Waals surface area contributed by atoms with Gasteiger partial charge >= 0.3 is 0 Å². The summed E-state index contributed by atoms with van der Waals surface area (Å²) in [6.07, 6.45) is 0. The van der Waals surface area contributed by atoms with Gasteiger partial charge in [0, 0.05) is 0 Å². The van der Waals surface area contributed by atoms with Gasteiger partial charge in [0.1, 0.15) is 0 Å². The van der Waals surface area contributed by atoms with E-state index in [2.05, 4.69) is 134 Å². The maximum atomic E-state index is 2.48. The summed E-state index contributed by atoms with van der Waals surface area (Å²) >= 11 is 0. The van der Waals surface area contributed by atoms with Gasteiger partial charge in [-0.2, -0.15) is 0 Å². The lowest BCUT2D eigenvalue weighted by molar-refractivity contribution is 0.794. The van der Waals surface area contributed by atoms with E-state index in [1.165, 1.54) is 72.0 Å². The zero-order valence-corrected chi connectivity index (χ0v) is 20.1. The summed E-state index contributed by atoms with van der Waals surface area (Å²) in [4.78, 5) is 0. The van der Waals surface area contributed by atoms with Gasteiger partial charge in [0.25, 0.3) is 0 Å². The van der Waals surface area contributed by atoms with Crippen molar-refractivity contribution in [2.75, 3.05) is 0 Å². The van der Waals surface area contributed by atoms with Gasteiger partial charge < -0.3 is 0 Å². The highest BCUT2D eigenvalue weighted by Gasteiger charge is 2.51. The molecule has 1 spiro atoms. The maximum Gasteiger partial charge on any atom is 0.0725 e. The smallest absolute Gasteiger partial charge is 0.0619 e. The second-order valence-corrected chi connectivity index (χ2v) is 10.2. The fraction of sp³-hybridized carbons (Fsp3) is 0.0556. The number of hydrogen-bond acceptors (Lipinski definition) is 0. The molecule has 168 valence electrons. The first-order valence-electron chi connectivity index (χ1n) is 12.7. The van der Waals surface area contributed by atoms with Gasteiger partial charge in [-0.15, -0.1) is 0 Å². The van der Waals surface area contributed by atoms with Gasteiger partial charge in [-0.25, -0.2) is 0 Å². The van der Waals surface area contributed by atoms with Crippen molar-refractivity contribution in [3.8, 4) is 33.4 Å². The second-order valence-electron chi connectivity index (χ2n) is 10.2. The van der Waals surface area contributed by atoms with Crippen LogP contribution in [0.1, 0.15) is 27.8 Å². The normalized spacial score (nSPS) is 13.9. The average Bonchev–Trinajstić information content (AvgIpc) is 3.40. The van der Waals surface area contributed by atoms with Gasteiger partial charge in [0.15, 0.2) is 0 Å². The molecule has 0 aliphatic heterocycles. The van der Waals surface area contributed by atoms with E-state index >= 15 is 0 Å². The molecule has 36 heavy (non-hydrogen) atoms. The molecule has 6 aromatic rings. The molecule has 0 N–H and O–H groups in total. The predicted molar refractivity (Wildman–Crippen MR) is 150 cm³/mol. The molecule has 0 heterocycles. The van der Waals surface area contributed by atoms with Crippen LogP contribution in [0.4, 0.5) is 0 Å². The Morgan fingerprint density at radius 1 is 0.417 bits per heavy atom. The van der Waals surface area contributed by atoms with E-state index in [4.69, 9.17) is 0 Å². The minimum atomic E-state index is -0.297. The lowest BCUT2D eigenvalue weighted by Crippen LogP contribution is -2.25. The van der Waals surface area contributed by atoms with Crippen molar-refractivity contribution in [2.24, 2.45) is 0 Å². The molecule has 0 fully saturated rings. The van der Waals surface area contributed by atoms with Gasteiger partial charge in [-0.3, -0.25) is 0 Å². The highest BCUT2D eigenvalue weighted by Crippen LogP contribution is 2.63. The Morgan fingerprint density at radius 3 is 1.58 bits per heavy atom. The molecule has 0 atom stereocenters. The number of fused-ring (bicyclic) bond motifs is 11. The Hall–Kier alpha value is -4.42. The van der Waals surface area contributed by atoms with E-state index in [0.29, 0.717) is 0 Å². The minimum Gasteiger partial charge on any atom is -0.0619 e. The average molecular weight is 457 g/mol. The summed E-state index contributed by atoms with van der Waals surface area (Å²) in [6, 6.07) is 47.6. The first-order valence-corrected chi connectivity index (χ1v) is 12.7. The SMILES string of the molecule is Cc1cc(-c2ccc3c(c2)C2(c4ccccc4-c4ccccc42)c2ccccc2-3)c2ccccc2c1. The van der Waals surface area contributed by atoms with E-state index in [1.54, 1.807) is 0 Å².